The van der Waals surface area contributed by atoms with Gasteiger partial charge in [0.25, 0.3) is 0 Å². The van der Waals surface area contributed by atoms with Crippen molar-refractivity contribution in [2.45, 2.75) is 44.1 Å². The van der Waals surface area contributed by atoms with E-state index in [0.29, 0.717) is 13.0 Å². The lowest BCUT2D eigenvalue weighted by molar-refractivity contribution is -0.115. The number of anilines is 1. The molecular weight excluding hydrogens is 380 g/mol. The fraction of sp³-hybridized carbons (Fsp3) is 0.261. The zero-order valence-electron chi connectivity index (χ0n) is 17.1. The Morgan fingerprint density at radius 1 is 1.21 bits per heavy atom. The van der Waals surface area contributed by atoms with E-state index in [1.54, 1.807) is 0 Å². The Balaban J connectivity index is 1.72. The molecule has 1 aromatic heterocycles. The van der Waals surface area contributed by atoms with Crippen LogP contribution in [0.15, 0.2) is 66.3 Å². The molecule has 0 saturated heterocycles. The molecule has 0 saturated carbocycles. The summed E-state index contributed by atoms with van der Waals surface area (Å²) in [5, 5.41) is 12.1. The van der Waals surface area contributed by atoms with Crippen LogP contribution in [0.5, 0.6) is 0 Å². The Kier molecular flexibility index (Phi) is 6.88. The molecule has 6 heteroatoms. The standard InChI is InChI=1S/C23H26N4OS/c1-5-13-27-21(15-19-9-7-6-8-10-19)25-26-23(27)29-18(4)22(28)24-20-12-11-16(2)14-17(20)3/h5-12,14,18H,1,13,15H2,2-4H3,(H,24,28). The minimum Gasteiger partial charge on any atom is -0.325 e. The Bertz CT molecular complexity index is 997. The number of amides is 1. The van der Waals surface area contributed by atoms with Gasteiger partial charge in [0.05, 0.1) is 5.25 Å². The maximum atomic E-state index is 12.7. The second kappa shape index (κ2) is 9.56. The molecule has 1 amide bonds. The van der Waals surface area contributed by atoms with E-state index in [2.05, 4.69) is 40.3 Å². The number of carbonyl (C=O) groups is 1. The van der Waals surface area contributed by atoms with E-state index in [1.807, 2.05) is 61.7 Å². The van der Waals surface area contributed by atoms with Crippen LogP contribution in [0.2, 0.25) is 0 Å². The smallest absolute Gasteiger partial charge is 0.237 e. The average molecular weight is 407 g/mol. The summed E-state index contributed by atoms with van der Waals surface area (Å²) in [6, 6.07) is 16.2. The maximum absolute atomic E-state index is 12.7. The van der Waals surface area contributed by atoms with Gasteiger partial charge in [-0.25, -0.2) is 0 Å². The highest BCUT2D eigenvalue weighted by molar-refractivity contribution is 8.00. The fourth-order valence-electron chi connectivity index (χ4n) is 3.03. The molecule has 1 atom stereocenters. The number of aryl methyl sites for hydroxylation is 2. The highest BCUT2D eigenvalue weighted by atomic mass is 32.2. The highest BCUT2D eigenvalue weighted by Gasteiger charge is 2.20. The van der Waals surface area contributed by atoms with E-state index in [0.717, 1.165) is 22.2 Å². The van der Waals surface area contributed by atoms with Gasteiger partial charge in [-0.3, -0.25) is 4.79 Å². The number of hydrogen-bond donors (Lipinski definition) is 1. The van der Waals surface area contributed by atoms with Gasteiger partial charge in [-0.05, 0) is 38.0 Å². The van der Waals surface area contributed by atoms with Crippen molar-refractivity contribution in [2.24, 2.45) is 0 Å². The van der Waals surface area contributed by atoms with Crippen molar-refractivity contribution >= 4 is 23.4 Å². The number of rotatable bonds is 8. The largest absolute Gasteiger partial charge is 0.325 e. The molecule has 1 N–H and O–H groups in total. The van der Waals surface area contributed by atoms with Crippen LogP contribution in [-0.4, -0.2) is 25.9 Å². The first-order valence-electron chi connectivity index (χ1n) is 9.59. The SMILES string of the molecule is C=CCn1c(Cc2ccccc2)nnc1SC(C)C(=O)Nc1ccc(C)cc1C. The quantitative estimate of drug-likeness (QED) is 0.432. The first-order valence-corrected chi connectivity index (χ1v) is 10.5. The molecule has 3 aromatic rings. The molecule has 0 aliphatic heterocycles. The molecule has 0 bridgehead atoms. The van der Waals surface area contributed by atoms with Crippen LogP contribution in [0.25, 0.3) is 0 Å². The second-order valence-electron chi connectivity index (χ2n) is 7.03. The second-order valence-corrected chi connectivity index (χ2v) is 8.34. The molecule has 0 spiro atoms. The van der Waals surface area contributed by atoms with Gasteiger partial charge in [0.2, 0.25) is 5.91 Å². The number of nitrogens with zero attached hydrogens (tertiary/aromatic N) is 3. The molecule has 0 aliphatic rings. The molecule has 0 radical (unpaired) electrons. The normalized spacial score (nSPS) is 11.8. The molecule has 0 aliphatic carbocycles. The van der Waals surface area contributed by atoms with E-state index in [1.165, 1.54) is 22.9 Å². The predicted molar refractivity (Wildman–Crippen MR) is 119 cm³/mol. The predicted octanol–water partition coefficient (Wildman–Crippen LogP) is 4.79. The van der Waals surface area contributed by atoms with E-state index in [4.69, 9.17) is 0 Å². The van der Waals surface area contributed by atoms with Gasteiger partial charge < -0.3 is 9.88 Å². The molecule has 1 heterocycles. The lowest BCUT2D eigenvalue weighted by Crippen LogP contribution is -2.23. The average Bonchev–Trinajstić information content (AvgIpc) is 3.06. The molecule has 5 nitrogen and oxygen atoms in total. The molecule has 29 heavy (non-hydrogen) atoms. The molecule has 150 valence electrons. The monoisotopic (exact) mass is 406 g/mol. The Labute approximate surface area is 176 Å². The Hall–Kier alpha value is -2.86. The van der Waals surface area contributed by atoms with Crippen LogP contribution in [0.3, 0.4) is 0 Å². The number of thioether (sulfide) groups is 1. The van der Waals surface area contributed by atoms with E-state index < -0.39 is 0 Å². The van der Waals surface area contributed by atoms with Gasteiger partial charge in [0.15, 0.2) is 5.16 Å². The summed E-state index contributed by atoms with van der Waals surface area (Å²) in [6.45, 7) is 10.4. The zero-order valence-corrected chi connectivity index (χ0v) is 17.9. The van der Waals surface area contributed by atoms with Crippen LogP contribution in [-0.2, 0) is 17.8 Å². The maximum Gasteiger partial charge on any atom is 0.237 e. The van der Waals surface area contributed by atoms with Crippen molar-refractivity contribution in [2.75, 3.05) is 5.32 Å². The summed E-state index contributed by atoms with van der Waals surface area (Å²) in [6.07, 6.45) is 2.51. The van der Waals surface area contributed by atoms with Crippen LogP contribution in [0.1, 0.15) is 29.4 Å². The van der Waals surface area contributed by atoms with E-state index >= 15 is 0 Å². The summed E-state index contributed by atoms with van der Waals surface area (Å²) >= 11 is 1.41. The van der Waals surface area contributed by atoms with Crippen molar-refractivity contribution in [1.29, 1.82) is 0 Å². The van der Waals surface area contributed by atoms with Gasteiger partial charge in [-0.1, -0.05) is 65.9 Å². The van der Waals surface area contributed by atoms with Crippen LogP contribution < -0.4 is 5.32 Å². The van der Waals surface area contributed by atoms with Crippen molar-refractivity contribution in [3.63, 3.8) is 0 Å². The molecule has 1 unspecified atom stereocenters. The van der Waals surface area contributed by atoms with Crippen molar-refractivity contribution in [3.8, 4) is 0 Å². The van der Waals surface area contributed by atoms with Crippen LogP contribution >= 0.6 is 11.8 Å². The number of carbonyl (C=O) groups excluding carboxylic acids is 1. The minimum absolute atomic E-state index is 0.0558. The van der Waals surface area contributed by atoms with Crippen LogP contribution in [0.4, 0.5) is 5.69 Å². The van der Waals surface area contributed by atoms with Crippen molar-refractivity contribution in [3.05, 3.63) is 83.7 Å². The third-order valence-corrected chi connectivity index (χ3v) is 5.68. The van der Waals surface area contributed by atoms with E-state index in [9.17, 15) is 4.79 Å². The van der Waals surface area contributed by atoms with Crippen molar-refractivity contribution in [1.82, 2.24) is 14.8 Å². The van der Waals surface area contributed by atoms with Crippen molar-refractivity contribution < 1.29 is 4.79 Å². The topological polar surface area (TPSA) is 59.8 Å². The van der Waals surface area contributed by atoms with Crippen LogP contribution in [0, 0.1) is 13.8 Å². The summed E-state index contributed by atoms with van der Waals surface area (Å²) in [4.78, 5) is 12.7. The Morgan fingerprint density at radius 2 is 1.97 bits per heavy atom. The summed E-state index contributed by atoms with van der Waals surface area (Å²) in [5.41, 5.74) is 4.23. The number of aromatic nitrogens is 3. The van der Waals surface area contributed by atoms with Gasteiger partial charge in [-0.15, -0.1) is 16.8 Å². The molecular formula is C23H26N4OS. The number of benzene rings is 2. The molecule has 2 aromatic carbocycles. The third-order valence-electron chi connectivity index (χ3n) is 4.60. The number of nitrogens with one attached hydrogen (secondary N) is 1. The van der Waals surface area contributed by atoms with E-state index in [-0.39, 0.29) is 11.2 Å². The molecule has 3 rings (SSSR count). The third kappa shape index (κ3) is 5.35. The zero-order chi connectivity index (χ0) is 20.8. The first kappa shape index (κ1) is 20.9. The highest BCUT2D eigenvalue weighted by Crippen LogP contribution is 2.25. The van der Waals surface area contributed by atoms with Gasteiger partial charge in [-0.2, -0.15) is 0 Å². The fourth-order valence-corrected chi connectivity index (χ4v) is 3.90. The molecule has 0 fully saturated rings. The summed E-state index contributed by atoms with van der Waals surface area (Å²) in [7, 11) is 0. The Morgan fingerprint density at radius 3 is 2.66 bits per heavy atom. The summed E-state index contributed by atoms with van der Waals surface area (Å²) in [5.74, 6) is 0.806. The summed E-state index contributed by atoms with van der Waals surface area (Å²) < 4.78 is 2.02. The number of hydrogen-bond acceptors (Lipinski definition) is 4. The number of allylic oxidation sites excluding steroid dienone is 1. The minimum atomic E-state index is -0.312. The first-order chi connectivity index (χ1) is 14.0. The van der Waals surface area contributed by atoms with Gasteiger partial charge in [0.1, 0.15) is 5.82 Å². The van der Waals surface area contributed by atoms with Gasteiger partial charge in [0, 0.05) is 18.7 Å². The lowest BCUT2D eigenvalue weighted by Gasteiger charge is -2.14. The van der Waals surface area contributed by atoms with Gasteiger partial charge >= 0.3 is 0 Å². The lowest BCUT2D eigenvalue weighted by atomic mass is 10.1.